The summed E-state index contributed by atoms with van der Waals surface area (Å²) in [4.78, 5) is 25.1. The number of aryl methyl sites for hydroxylation is 1. The number of anilines is 1. The van der Waals surface area contributed by atoms with Crippen molar-refractivity contribution in [2.75, 3.05) is 18.0 Å². The SMILES string of the molecule is O=C(NC1CCCC1)[C@@H]1CCCN(c2nc(-c3ccccc3)nc3c2CCC3)C1. The maximum absolute atomic E-state index is 12.9. The first-order chi connectivity index (χ1) is 14.3. The fraction of sp³-hybridized carbons (Fsp3) is 0.542. The van der Waals surface area contributed by atoms with Crippen molar-refractivity contribution in [3.8, 4) is 11.4 Å². The van der Waals surface area contributed by atoms with Gasteiger partial charge in [-0.05, 0) is 44.9 Å². The molecular weight excluding hydrogens is 360 g/mol. The topological polar surface area (TPSA) is 58.1 Å². The quantitative estimate of drug-likeness (QED) is 0.860. The highest BCUT2D eigenvalue weighted by Crippen LogP contribution is 2.33. The van der Waals surface area contributed by atoms with Gasteiger partial charge in [0.15, 0.2) is 5.82 Å². The van der Waals surface area contributed by atoms with Crippen molar-refractivity contribution in [2.24, 2.45) is 5.92 Å². The molecule has 1 aromatic heterocycles. The maximum atomic E-state index is 12.9. The predicted octanol–water partition coefficient (Wildman–Crippen LogP) is 3.91. The summed E-state index contributed by atoms with van der Waals surface area (Å²) in [6.07, 6.45) is 10.0. The number of nitrogens with one attached hydrogen (secondary N) is 1. The van der Waals surface area contributed by atoms with Crippen molar-refractivity contribution in [3.63, 3.8) is 0 Å². The Bertz CT molecular complexity index is 876. The highest BCUT2D eigenvalue weighted by molar-refractivity contribution is 5.80. The van der Waals surface area contributed by atoms with Crippen LogP contribution >= 0.6 is 0 Å². The zero-order valence-corrected chi connectivity index (χ0v) is 17.1. The molecule has 1 N–H and O–H groups in total. The summed E-state index contributed by atoms with van der Waals surface area (Å²) in [7, 11) is 0. The summed E-state index contributed by atoms with van der Waals surface area (Å²) < 4.78 is 0. The van der Waals surface area contributed by atoms with E-state index in [9.17, 15) is 4.79 Å². The minimum atomic E-state index is 0.0662. The molecule has 2 fully saturated rings. The van der Waals surface area contributed by atoms with Gasteiger partial charge in [0.25, 0.3) is 0 Å². The van der Waals surface area contributed by atoms with Gasteiger partial charge in [-0.25, -0.2) is 9.97 Å². The van der Waals surface area contributed by atoms with Crippen LogP contribution in [0.2, 0.25) is 0 Å². The molecule has 5 rings (SSSR count). The van der Waals surface area contributed by atoms with E-state index >= 15 is 0 Å². The second-order valence-electron chi connectivity index (χ2n) is 8.79. The van der Waals surface area contributed by atoms with Crippen LogP contribution < -0.4 is 10.2 Å². The van der Waals surface area contributed by atoms with Crippen LogP contribution in [0.25, 0.3) is 11.4 Å². The summed E-state index contributed by atoms with van der Waals surface area (Å²) in [5.74, 6) is 2.20. The van der Waals surface area contributed by atoms with Crippen molar-refractivity contribution < 1.29 is 4.79 Å². The Morgan fingerprint density at radius 2 is 1.79 bits per heavy atom. The van der Waals surface area contributed by atoms with Gasteiger partial charge < -0.3 is 10.2 Å². The maximum Gasteiger partial charge on any atom is 0.225 e. The van der Waals surface area contributed by atoms with Gasteiger partial charge in [0.1, 0.15) is 5.82 Å². The molecule has 29 heavy (non-hydrogen) atoms. The Balaban J connectivity index is 1.39. The van der Waals surface area contributed by atoms with Gasteiger partial charge in [-0.15, -0.1) is 0 Å². The molecule has 1 aliphatic heterocycles. The van der Waals surface area contributed by atoms with Crippen LogP contribution in [0.1, 0.15) is 56.2 Å². The van der Waals surface area contributed by atoms with Gasteiger partial charge in [0.2, 0.25) is 5.91 Å². The number of piperidine rings is 1. The van der Waals surface area contributed by atoms with E-state index in [-0.39, 0.29) is 11.8 Å². The third-order valence-corrected chi connectivity index (χ3v) is 6.74. The smallest absolute Gasteiger partial charge is 0.225 e. The number of rotatable bonds is 4. The summed E-state index contributed by atoms with van der Waals surface area (Å²) in [6.45, 7) is 1.75. The van der Waals surface area contributed by atoms with Crippen LogP contribution in [-0.4, -0.2) is 35.0 Å². The van der Waals surface area contributed by atoms with Gasteiger partial charge in [0.05, 0.1) is 5.92 Å². The van der Waals surface area contributed by atoms with Gasteiger partial charge >= 0.3 is 0 Å². The predicted molar refractivity (Wildman–Crippen MR) is 115 cm³/mol. The molecule has 1 saturated heterocycles. The standard InChI is InChI=1S/C24H30N4O/c29-24(25-19-11-4-5-12-19)18-10-7-15-28(16-18)23-20-13-6-14-21(20)26-22(27-23)17-8-2-1-3-9-17/h1-3,8-9,18-19H,4-7,10-16H2,(H,25,29)/t18-/m1/s1. The lowest BCUT2D eigenvalue weighted by atomic mass is 9.96. The van der Waals surface area contributed by atoms with Crippen molar-refractivity contribution in [2.45, 2.75) is 63.8 Å². The van der Waals surface area contributed by atoms with Crippen LogP contribution in [0.5, 0.6) is 0 Å². The lowest BCUT2D eigenvalue weighted by Gasteiger charge is -2.34. The summed E-state index contributed by atoms with van der Waals surface area (Å²) >= 11 is 0. The van der Waals surface area contributed by atoms with Crippen LogP contribution in [0.15, 0.2) is 30.3 Å². The fourth-order valence-electron chi connectivity index (χ4n) is 5.16. The molecule has 2 aliphatic carbocycles. The first kappa shape index (κ1) is 18.6. The zero-order valence-electron chi connectivity index (χ0n) is 17.1. The van der Waals surface area contributed by atoms with Gasteiger partial charge in [-0.1, -0.05) is 43.2 Å². The van der Waals surface area contributed by atoms with E-state index < -0.39 is 0 Å². The van der Waals surface area contributed by atoms with Crippen molar-refractivity contribution in [3.05, 3.63) is 41.6 Å². The van der Waals surface area contributed by atoms with E-state index in [2.05, 4.69) is 22.3 Å². The van der Waals surface area contributed by atoms with E-state index in [0.717, 1.165) is 75.2 Å². The van der Waals surface area contributed by atoms with Gasteiger partial charge in [-0.2, -0.15) is 0 Å². The Kier molecular flexibility index (Phi) is 5.21. The summed E-state index contributed by atoms with van der Waals surface area (Å²) in [5.41, 5.74) is 3.57. The minimum Gasteiger partial charge on any atom is -0.355 e. The summed E-state index contributed by atoms with van der Waals surface area (Å²) in [6, 6.07) is 10.6. The Morgan fingerprint density at radius 1 is 0.966 bits per heavy atom. The molecule has 0 bridgehead atoms. The normalized spacial score (nSPS) is 21.9. The van der Waals surface area contributed by atoms with Crippen LogP contribution in [-0.2, 0) is 17.6 Å². The number of hydrogen-bond acceptors (Lipinski definition) is 4. The van der Waals surface area contributed by atoms with E-state index in [0.29, 0.717) is 6.04 Å². The molecule has 1 amide bonds. The number of nitrogens with zero attached hydrogens (tertiary/aromatic N) is 3. The molecule has 2 heterocycles. The molecule has 0 radical (unpaired) electrons. The summed E-state index contributed by atoms with van der Waals surface area (Å²) in [5, 5.41) is 3.31. The zero-order chi connectivity index (χ0) is 19.6. The number of amides is 1. The molecule has 1 saturated carbocycles. The highest BCUT2D eigenvalue weighted by atomic mass is 16.2. The molecule has 2 aromatic rings. The number of hydrogen-bond donors (Lipinski definition) is 1. The number of carbonyl (C=O) groups excluding carboxylic acids is 1. The number of fused-ring (bicyclic) bond motifs is 1. The lowest BCUT2D eigenvalue weighted by molar-refractivity contribution is -0.125. The van der Waals surface area contributed by atoms with Crippen molar-refractivity contribution in [1.82, 2.24) is 15.3 Å². The third kappa shape index (κ3) is 3.87. The first-order valence-corrected chi connectivity index (χ1v) is 11.3. The van der Waals surface area contributed by atoms with Crippen LogP contribution in [0.4, 0.5) is 5.82 Å². The molecular formula is C24H30N4O. The average Bonchev–Trinajstić information content (AvgIpc) is 3.45. The molecule has 152 valence electrons. The largest absolute Gasteiger partial charge is 0.355 e. The van der Waals surface area contributed by atoms with Gasteiger partial charge in [-0.3, -0.25) is 4.79 Å². The lowest BCUT2D eigenvalue weighted by Crippen LogP contribution is -2.46. The Hall–Kier alpha value is -2.43. The van der Waals surface area contributed by atoms with Crippen molar-refractivity contribution in [1.29, 1.82) is 0 Å². The molecule has 1 atom stereocenters. The molecule has 5 nitrogen and oxygen atoms in total. The van der Waals surface area contributed by atoms with E-state index in [4.69, 9.17) is 9.97 Å². The molecule has 1 aromatic carbocycles. The highest BCUT2D eigenvalue weighted by Gasteiger charge is 2.31. The molecule has 3 aliphatic rings. The first-order valence-electron chi connectivity index (χ1n) is 11.3. The Labute approximate surface area is 172 Å². The average molecular weight is 391 g/mol. The second kappa shape index (κ2) is 8.13. The minimum absolute atomic E-state index is 0.0662. The fourth-order valence-corrected chi connectivity index (χ4v) is 5.16. The number of carbonyl (C=O) groups is 1. The number of aromatic nitrogens is 2. The molecule has 0 unspecified atom stereocenters. The monoisotopic (exact) mass is 390 g/mol. The third-order valence-electron chi connectivity index (χ3n) is 6.74. The van der Waals surface area contributed by atoms with E-state index in [1.54, 1.807) is 0 Å². The van der Waals surface area contributed by atoms with Crippen molar-refractivity contribution >= 4 is 11.7 Å². The van der Waals surface area contributed by atoms with E-state index in [1.807, 2.05) is 18.2 Å². The van der Waals surface area contributed by atoms with Crippen LogP contribution in [0, 0.1) is 5.92 Å². The molecule has 5 heteroatoms. The Morgan fingerprint density at radius 3 is 2.62 bits per heavy atom. The van der Waals surface area contributed by atoms with E-state index in [1.165, 1.54) is 24.1 Å². The van der Waals surface area contributed by atoms with Crippen LogP contribution in [0.3, 0.4) is 0 Å². The second-order valence-corrected chi connectivity index (χ2v) is 8.79. The van der Waals surface area contributed by atoms with Gasteiger partial charge in [0, 0.05) is 36.0 Å². The molecule has 0 spiro atoms. The number of benzene rings is 1.